The minimum absolute atomic E-state index is 0.614. The molecule has 1 heterocycles. The number of halogens is 2. The van der Waals surface area contributed by atoms with Crippen LogP contribution in [-0.4, -0.2) is 9.55 Å². The Bertz CT molecular complexity index is 1250. The van der Waals surface area contributed by atoms with E-state index in [1.807, 2.05) is 12.1 Å². The maximum absolute atomic E-state index is 6.49. The SMILES string of the molecule is CCCCn1cc(-c2ccc(Cl)cc2Cl)nc1C=C1c2ccccc2-c2ccccc21. The summed E-state index contributed by atoms with van der Waals surface area (Å²) >= 11 is 12.6. The second kappa shape index (κ2) is 8.37. The average molecular weight is 445 g/mol. The monoisotopic (exact) mass is 444 g/mol. The van der Waals surface area contributed by atoms with E-state index in [9.17, 15) is 0 Å². The van der Waals surface area contributed by atoms with Gasteiger partial charge in [-0.25, -0.2) is 4.98 Å². The molecular weight excluding hydrogens is 423 g/mol. The summed E-state index contributed by atoms with van der Waals surface area (Å²) in [6, 6.07) is 22.7. The van der Waals surface area contributed by atoms with E-state index in [4.69, 9.17) is 28.2 Å². The molecule has 0 fully saturated rings. The molecule has 4 heteroatoms. The first-order chi connectivity index (χ1) is 15.2. The fourth-order valence-electron chi connectivity index (χ4n) is 4.22. The Morgan fingerprint density at radius 2 is 1.48 bits per heavy atom. The maximum Gasteiger partial charge on any atom is 0.133 e. The number of benzene rings is 3. The minimum atomic E-state index is 0.614. The smallest absolute Gasteiger partial charge is 0.133 e. The van der Waals surface area contributed by atoms with Crippen LogP contribution in [-0.2, 0) is 6.54 Å². The summed E-state index contributed by atoms with van der Waals surface area (Å²) in [5.41, 5.74) is 8.02. The van der Waals surface area contributed by atoms with Crippen LogP contribution in [0.4, 0.5) is 0 Å². The summed E-state index contributed by atoms with van der Waals surface area (Å²) < 4.78 is 2.24. The Labute approximate surface area is 192 Å². The Morgan fingerprint density at radius 3 is 2.10 bits per heavy atom. The van der Waals surface area contributed by atoms with Crippen molar-refractivity contribution in [2.24, 2.45) is 0 Å². The lowest BCUT2D eigenvalue weighted by Crippen LogP contribution is -1.99. The second-order valence-corrected chi connectivity index (χ2v) is 8.65. The third-order valence-corrected chi connectivity index (χ3v) is 6.31. The maximum atomic E-state index is 6.49. The van der Waals surface area contributed by atoms with E-state index in [1.165, 1.54) is 27.8 Å². The molecule has 3 aromatic carbocycles. The zero-order chi connectivity index (χ0) is 21.4. The predicted molar refractivity (Wildman–Crippen MR) is 131 cm³/mol. The van der Waals surface area contributed by atoms with Gasteiger partial charge in [-0.2, -0.15) is 0 Å². The number of imidazole rings is 1. The normalized spacial score (nSPS) is 12.0. The standard InChI is InChI=1S/C27H22Cl2N2/c1-2-3-14-31-17-26(23-13-12-18(28)15-25(23)29)30-27(31)16-24-21-10-6-4-8-19(21)20-9-5-7-11-22(20)24/h4-13,15-17H,2-3,14H2,1H3. The summed E-state index contributed by atoms with van der Waals surface area (Å²) in [4.78, 5) is 4.99. The minimum Gasteiger partial charge on any atom is -0.331 e. The van der Waals surface area contributed by atoms with Crippen LogP contribution < -0.4 is 0 Å². The van der Waals surface area contributed by atoms with Gasteiger partial charge in [-0.1, -0.05) is 85.1 Å². The Balaban J connectivity index is 1.66. The van der Waals surface area contributed by atoms with Crippen LogP contribution in [0.5, 0.6) is 0 Å². The number of hydrogen-bond acceptors (Lipinski definition) is 1. The molecule has 5 rings (SSSR count). The van der Waals surface area contributed by atoms with Gasteiger partial charge in [0, 0.05) is 23.3 Å². The number of nitrogens with zero attached hydrogens (tertiary/aromatic N) is 2. The highest BCUT2D eigenvalue weighted by molar-refractivity contribution is 6.36. The van der Waals surface area contributed by atoms with Crippen molar-refractivity contribution in [1.29, 1.82) is 0 Å². The van der Waals surface area contributed by atoms with E-state index in [1.54, 1.807) is 6.07 Å². The number of rotatable bonds is 5. The molecule has 0 amide bonds. The zero-order valence-electron chi connectivity index (χ0n) is 17.3. The Morgan fingerprint density at radius 1 is 0.839 bits per heavy atom. The van der Waals surface area contributed by atoms with Crippen molar-refractivity contribution < 1.29 is 0 Å². The molecule has 0 atom stereocenters. The third-order valence-electron chi connectivity index (χ3n) is 5.77. The van der Waals surface area contributed by atoms with Crippen LogP contribution in [0.1, 0.15) is 36.7 Å². The van der Waals surface area contributed by atoms with Crippen LogP contribution in [0.25, 0.3) is 34.0 Å². The summed E-state index contributed by atoms with van der Waals surface area (Å²) in [5.74, 6) is 0.941. The third kappa shape index (κ3) is 3.71. The molecule has 31 heavy (non-hydrogen) atoms. The molecule has 0 radical (unpaired) electrons. The van der Waals surface area contributed by atoms with Crippen LogP contribution in [0.2, 0.25) is 10.0 Å². The topological polar surface area (TPSA) is 17.8 Å². The van der Waals surface area contributed by atoms with E-state index in [2.05, 4.69) is 72.3 Å². The molecule has 0 aliphatic heterocycles. The van der Waals surface area contributed by atoms with Crippen LogP contribution in [0.15, 0.2) is 72.9 Å². The van der Waals surface area contributed by atoms with E-state index in [-0.39, 0.29) is 0 Å². The molecule has 0 saturated carbocycles. The summed E-state index contributed by atoms with van der Waals surface area (Å²) in [6.45, 7) is 3.12. The fraction of sp³-hybridized carbons (Fsp3) is 0.148. The highest BCUT2D eigenvalue weighted by atomic mass is 35.5. The molecule has 1 aromatic heterocycles. The molecule has 0 spiro atoms. The lowest BCUT2D eigenvalue weighted by Gasteiger charge is -2.06. The number of aryl methyl sites for hydroxylation is 1. The van der Waals surface area contributed by atoms with Crippen LogP contribution in [0, 0.1) is 0 Å². The largest absolute Gasteiger partial charge is 0.331 e. The van der Waals surface area contributed by atoms with Gasteiger partial charge >= 0.3 is 0 Å². The quantitative estimate of drug-likeness (QED) is 0.266. The van der Waals surface area contributed by atoms with Crippen LogP contribution >= 0.6 is 23.2 Å². The first-order valence-electron chi connectivity index (χ1n) is 10.6. The number of unbranched alkanes of at least 4 members (excludes halogenated alkanes) is 1. The molecule has 154 valence electrons. The highest BCUT2D eigenvalue weighted by Crippen LogP contribution is 2.44. The van der Waals surface area contributed by atoms with E-state index < -0.39 is 0 Å². The van der Waals surface area contributed by atoms with E-state index >= 15 is 0 Å². The van der Waals surface area contributed by atoms with Gasteiger partial charge in [-0.05, 0) is 58.5 Å². The van der Waals surface area contributed by atoms with Gasteiger partial charge in [0.15, 0.2) is 0 Å². The lowest BCUT2D eigenvalue weighted by molar-refractivity contribution is 0.627. The Kier molecular flexibility index (Phi) is 5.43. The van der Waals surface area contributed by atoms with Crippen molar-refractivity contribution in [2.45, 2.75) is 26.3 Å². The van der Waals surface area contributed by atoms with Gasteiger partial charge in [0.05, 0.1) is 10.7 Å². The Hall–Kier alpha value is -2.81. The molecule has 1 aliphatic rings. The molecule has 2 nitrogen and oxygen atoms in total. The molecule has 0 unspecified atom stereocenters. The molecule has 0 N–H and O–H groups in total. The fourth-order valence-corrected chi connectivity index (χ4v) is 4.72. The summed E-state index contributed by atoms with van der Waals surface area (Å²) in [6.07, 6.45) is 6.53. The second-order valence-electron chi connectivity index (χ2n) is 7.80. The molecule has 0 saturated heterocycles. The number of aromatic nitrogens is 2. The van der Waals surface area contributed by atoms with E-state index in [0.717, 1.165) is 36.5 Å². The van der Waals surface area contributed by atoms with Crippen molar-refractivity contribution in [2.75, 3.05) is 0 Å². The summed E-state index contributed by atoms with van der Waals surface area (Å²) in [7, 11) is 0. The molecular formula is C27H22Cl2N2. The average Bonchev–Trinajstić information content (AvgIpc) is 3.32. The first-order valence-corrected chi connectivity index (χ1v) is 11.3. The highest BCUT2D eigenvalue weighted by Gasteiger charge is 2.23. The van der Waals surface area contributed by atoms with E-state index in [0.29, 0.717) is 10.0 Å². The number of fused-ring (bicyclic) bond motifs is 3. The van der Waals surface area contributed by atoms with Crippen molar-refractivity contribution in [3.8, 4) is 22.4 Å². The lowest BCUT2D eigenvalue weighted by atomic mass is 10.0. The zero-order valence-corrected chi connectivity index (χ0v) is 18.8. The first kappa shape index (κ1) is 20.1. The molecule has 4 aromatic rings. The summed E-state index contributed by atoms with van der Waals surface area (Å²) in [5, 5.41) is 1.24. The van der Waals surface area contributed by atoms with Crippen molar-refractivity contribution >= 4 is 34.9 Å². The molecule has 0 bridgehead atoms. The van der Waals surface area contributed by atoms with Gasteiger partial charge in [-0.15, -0.1) is 0 Å². The van der Waals surface area contributed by atoms with Gasteiger partial charge < -0.3 is 4.57 Å². The van der Waals surface area contributed by atoms with Crippen molar-refractivity contribution in [3.63, 3.8) is 0 Å². The van der Waals surface area contributed by atoms with Gasteiger partial charge in [0.1, 0.15) is 5.82 Å². The van der Waals surface area contributed by atoms with Crippen LogP contribution in [0.3, 0.4) is 0 Å². The number of hydrogen-bond donors (Lipinski definition) is 0. The van der Waals surface area contributed by atoms with Gasteiger partial charge in [0.2, 0.25) is 0 Å². The van der Waals surface area contributed by atoms with Gasteiger partial charge in [0.25, 0.3) is 0 Å². The molecule has 1 aliphatic carbocycles. The predicted octanol–water partition coefficient (Wildman–Crippen LogP) is 8.23. The van der Waals surface area contributed by atoms with Gasteiger partial charge in [-0.3, -0.25) is 0 Å². The van der Waals surface area contributed by atoms with Crippen molar-refractivity contribution in [1.82, 2.24) is 9.55 Å². The van der Waals surface area contributed by atoms with Crippen molar-refractivity contribution in [3.05, 3.63) is 99.9 Å².